The first-order valence-corrected chi connectivity index (χ1v) is 6.64. The number of benzene rings is 2. The van der Waals surface area contributed by atoms with E-state index >= 15 is 0 Å². The Hall–Kier alpha value is -0.910. The number of fused-ring (bicyclic) bond motifs is 1. The monoisotopic (exact) mass is 300 g/mol. The van der Waals surface area contributed by atoms with Gasteiger partial charge in [-0.3, -0.25) is 0 Å². The fourth-order valence-electron chi connectivity index (χ4n) is 1.62. The molecule has 0 spiro atoms. The maximum Gasteiger partial charge on any atom is 0.171 e. The van der Waals surface area contributed by atoms with E-state index in [0.29, 0.717) is 5.56 Å². The third-order valence-electron chi connectivity index (χ3n) is 2.35. The van der Waals surface area contributed by atoms with Crippen LogP contribution in [0.25, 0.3) is 10.8 Å². The minimum absolute atomic E-state index is 0.0166. The Labute approximate surface area is 104 Å². The van der Waals surface area contributed by atoms with E-state index in [1.807, 2.05) is 24.3 Å². The molecule has 5 heteroatoms. The fourth-order valence-corrected chi connectivity index (χ4v) is 2.55. The van der Waals surface area contributed by atoms with Crippen molar-refractivity contribution in [2.75, 3.05) is 0 Å². The third-order valence-corrected chi connectivity index (χ3v) is 4.36. The summed E-state index contributed by atoms with van der Waals surface area (Å²) in [5, 5.41) is 11.4. The standard InChI is InChI=1S/C11H9BrO3S/c12-11(16(14)15)10-8-4-2-1-3-7(8)5-6-9(10)13/h1-6,11,13H,(H,14,15). The Morgan fingerprint density at radius 2 is 1.88 bits per heavy atom. The average Bonchev–Trinajstić information content (AvgIpc) is 2.28. The number of phenolic OH excluding ortho intramolecular Hbond substituents is 1. The van der Waals surface area contributed by atoms with Crippen molar-refractivity contribution >= 4 is 37.8 Å². The summed E-state index contributed by atoms with van der Waals surface area (Å²) in [4.78, 5) is 0. The second kappa shape index (κ2) is 4.53. The summed E-state index contributed by atoms with van der Waals surface area (Å²) in [7, 11) is 0. The topological polar surface area (TPSA) is 57.5 Å². The van der Waals surface area contributed by atoms with E-state index < -0.39 is 15.2 Å². The Morgan fingerprint density at radius 1 is 1.19 bits per heavy atom. The molecule has 2 aromatic rings. The molecule has 0 aliphatic carbocycles. The number of rotatable bonds is 2. The van der Waals surface area contributed by atoms with Crippen molar-refractivity contribution in [3.05, 3.63) is 42.0 Å². The molecule has 0 amide bonds. The summed E-state index contributed by atoms with van der Waals surface area (Å²) < 4.78 is 19.3. The highest BCUT2D eigenvalue weighted by Gasteiger charge is 2.20. The molecule has 0 heterocycles. The van der Waals surface area contributed by atoms with Gasteiger partial charge in [0.25, 0.3) is 0 Å². The van der Waals surface area contributed by atoms with Crippen LogP contribution in [0.2, 0.25) is 0 Å². The average molecular weight is 301 g/mol. The highest BCUT2D eigenvalue weighted by molar-refractivity contribution is 9.10. The Morgan fingerprint density at radius 3 is 2.56 bits per heavy atom. The van der Waals surface area contributed by atoms with Crippen LogP contribution < -0.4 is 0 Å². The maximum absolute atomic E-state index is 11.0. The van der Waals surface area contributed by atoms with Crippen LogP contribution in [0.15, 0.2) is 36.4 Å². The van der Waals surface area contributed by atoms with Gasteiger partial charge in [0.05, 0.1) is 0 Å². The maximum atomic E-state index is 11.0. The smallest absolute Gasteiger partial charge is 0.171 e. The van der Waals surface area contributed by atoms with Crippen LogP contribution >= 0.6 is 15.9 Å². The SMILES string of the molecule is O=S(O)C(Br)c1c(O)ccc2ccccc12. The van der Waals surface area contributed by atoms with Gasteiger partial charge in [-0.05, 0) is 16.8 Å². The molecule has 0 bridgehead atoms. The molecular formula is C11H9BrO3S. The number of hydrogen-bond donors (Lipinski definition) is 2. The van der Waals surface area contributed by atoms with E-state index in [-0.39, 0.29) is 5.75 Å². The van der Waals surface area contributed by atoms with Crippen LogP contribution in [0.4, 0.5) is 0 Å². The fraction of sp³-hybridized carbons (Fsp3) is 0.0909. The van der Waals surface area contributed by atoms with Crippen molar-refractivity contribution < 1.29 is 13.9 Å². The molecule has 0 fully saturated rings. The van der Waals surface area contributed by atoms with Gasteiger partial charge in [-0.1, -0.05) is 46.3 Å². The summed E-state index contributed by atoms with van der Waals surface area (Å²) in [6.45, 7) is 0. The van der Waals surface area contributed by atoms with Crippen molar-refractivity contribution in [1.82, 2.24) is 0 Å². The summed E-state index contributed by atoms with van der Waals surface area (Å²) in [6, 6.07) is 10.7. The molecule has 2 aromatic carbocycles. The van der Waals surface area contributed by atoms with Crippen molar-refractivity contribution in [3.8, 4) is 5.75 Å². The van der Waals surface area contributed by atoms with Gasteiger partial charge in [-0.25, -0.2) is 4.21 Å². The summed E-state index contributed by atoms with van der Waals surface area (Å²) in [6.07, 6.45) is 0. The van der Waals surface area contributed by atoms with Gasteiger partial charge in [0.1, 0.15) is 9.91 Å². The zero-order chi connectivity index (χ0) is 11.7. The molecule has 2 N–H and O–H groups in total. The predicted octanol–water partition coefficient (Wildman–Crippen LogP) is 3.16. The van der Waals surface area contributed by atoms with Crippen LogP contribution in [0.1, 0.15) is 9.72 Å². The molecule has 0 aliphatic rings. The number of alkyl halides is 1. The minimum Gasteiger partial charge on any atom is -0.508 e. The van der Waals surface area contributed by atoms with Crippen LogP contribution in [0.3, 0.4) is 0 Å². The summed E-state index contributed by atoms with van der Waals surface area (Å²) in [5.41, 5.74) is 0.443. The van der Waals surface area contributed by atoms with Crippen molar-refractivity contribution in [1.29, 1.82) is 0 Å². The molecule has 0 aromatic heterocycles. The molecule has 0 radical (unpaired) electrons. The number of hydrogen-bond acceptors (Lipinski definition) is 2. The molecule has 3 nitrogen and oxygen atoms in total. The lowest BCUT2D eigenvalue weighted by Crippen LogP contribution is -1.99. The molecule has 2 rings (SSSR count). The van der Waals surface area contributed by atoms with Gasteiger partial charge in [0, 0.05) is 5.56 Å². The van der Waals surface area contributed by atoms with E-state index in [0.717, 1.165) is 10.8 Å². The van der Waals surface area contributed by atoms with Gasteiger partial charge in [-0.15, -0.1) is 0 Å². The molecular weight excluding hydrogens is 292 g/mol. The number of phenols is 1. The number of aromatic hydroxyl groups is 1. The van der Waals surface area contributed by atoms with E-state index in [2.05, 4.69) is 15.9 Å². The summed E-state index contributed by atoms with van der Waals surface area (Å²) in [5.74, 6) is 0.0166. The van der Waals surface area contributed by atoms with E-state index in [1.165, 1.54) is 6.07 Å². The molecule has 0 saturated carbocycles. The lowest BCUT2D eigenvalue weighted by Gasteiger charge is -2.11. The first kappa shape index (κ1) is 11.6. The van der Waals surface area contributed by atoms with Gasteiger partial charge >= 0.3 is 0 Å². The van der Waals surface area contributed by atoms with Gasteiger partial charge in [-0.2, -0.15) is 0 Å². The van der Waals surface area contributed by atoms with Gasteiger partial charge in [0.2, 0.25) is 0 Å². The quantitative estimate of drug-likeness (QED) is 0.661. The summed E-state index contributed by atoms with van der Waals surface area (Å²) >= 11 is 1.04. The number of halogens is 1. The normalized spacial score (nSPS) is 14.9. The first-order valence-electron chi connectivity index (χ1n) is 4.55. The van der Waals surface area contributed by atoms with Gasteiger partial charge in [0.15, 0.2) is 11.1 Å². The lowest BCUT2D eigenvalue weighted by atomic mass is 10.0. The molecule has 0 aliphatic heterocycles. The Bertz CT molecular complexity index is 556. The molecule has 84 valence electrons. The van der Waals surface area contributed by atoms with Crippen LogP contribution in [-0.2, 0) is 11.1 Å². The van der Waals surface area contributed by atoms with Crippen LogP contribution in [0, 0.1) is 0 Å². The second-order valence-electron chi connectivity index (χ2n) is 3.31. The molecule has 16 heavy (non-hydrogen) atoms. The van der Waals surface area contributed by atoms with E-state index in [9.17, 15) is 9.32 Å². The molecule has 0 saturated heterocycles. The highest BCUT2D eigenvalue weighted by atomic mass is 79.9. The predicted molar refractivity (Wildman–Crippen MR) is 68.1 cm³/mol. The Kier molecular flexibility index (Phi) is 3.28. The molecule has 2 atom stereocenters. The Balaban J connectivity index is 2.75. The minimum atomic E-state index is -2.07. The van der Waals surface area contributed by atoms with E-state index in [1.54, 1.807) is 6.07 Å². The largest absolute Gasteiger partial charge is 0.508 e. The van der Waals surface area contributed by atoms with Gasteiger partial charge < -0.3 is 9.66 Å². The van der Waals surface area contributed by atoms with Crippen molar-refractivity contribution in [2.24, 2.45) is 0 Å². The second-order valence-corrected chi connectivity index (χ2v) is 5.86. The lowest BCUT2D eigenvalue weighted by molar-refractivity contribution is 0.470. The van der Waals surface area contributed by atoms with Crippen molar-refractivity contribution in [3.63, 3.8) is 0 Å². The first-order chi connectivity index (χ1) is 7.61. The van der Waals surface area contributed by atoms with Crippen LogP contribution in [-0.4, -0.2) is 13.9 Å². The highest BCUT2D eigenvalue weighted by Crippen LogP contribution is 2.37. The van der Waals surface area contributed by atoms with Crippen LogP contribution in [0.5, 0.6) is 5.75 Å². The molecule has 2 unspecified atom stereocenters. The van der Waals surface area contributed by atoms with E-state index in [4.69, 9.17) is 4.55 Å². The zero-order valence-corrected chi connectivity index (χ0v) is 10.5. The van der Waals surface area contributed by atoms with Crippen molar-refractivity contribution in [2.45, 2.75) is 4.16 Å². The zero-order valence-electron chi connectivity index (χ0n) is 8.13. The third kappa shape index (κ3) is 1.98.